The van der Waals surface area contributed by atoms with Gasteiger partial charge < -0.3 is 15.0 Å². The Morgan fingerprint density at radius 3 is 2.61 bits per heavy atom. The minimum atomic E-state index is -0.0430. The van der Waals surface area contributed by atoms with E-state index in [9.17, 15) is 4.79 Å². The standard InChI is InChI=1S/C25H34N4O2/c1-17-15-29(16-18(2)31-17)24-26-14-20-21(12-25(3,4)13-22(20)28-24)27-23(30)11-10-19-8-6-5-7-9-19/h5-9,14,17-18,21H,10-13,15-16H2,1-4H3,(H,27,30)/t17-,18-,21-/m1/s1. The van der Waals surface area contributed by atoms with E-state index in [0.717, 1.165) is 49.6 Å². The van der Waals surface area contributed by atoms with Crippen LogP contribution in [0, 0.1) is 5.41 Å². The first-order chi connectivity index (χ1) is 14.8. The van der Waals surface area contributed by atoms with Crippen molar-refractivity contribution in [3.05, 3.63) is 53.3 Å². The third-order valence-electron chi connectivity index (χ3n) is 6.19. The van der Waals surface area contributed by atoms with Crippen LogP contribution >= 0.6 is 0 Å². The maximum atomic E-state index is 12.7. The normalized spacial score (nSPS) is 25.0. The molecule has 1 fully saturated rings. The van der Waals surface area contributed by atoms with Crippen molar-refractivity contribution in [1.29, 1.82) is 0 Å². The highest BCUT2D eigenvalue weighted by atomic mass is 16.5. The summed E-state index contributed by atoms with van der Waals surface area (Å²) in [5, 5.41) is 3.26. The molecule has 0 unspecified atom stereocenters. The molecule has 3 atom stereocenters. The van der Waals surface area contributed by atoms with Gasteiger partial charge in [0.1, 0.15) is 0 Å². The van der Waals surface area contributed by atoms with Gasteiger partial charge in [-0.2, -0.15) is 0 Å². The summed E-state index contributed by atoms with van der Waals surface area (Å²) in [6.45, 7) is 10.3. The molecule has 1 amide bonds. The Hall–Kier alpha value is -2.47. The van der Waals surface area contributed by atoms with Crippen molar-refractivity contribution in [2.45, 2.75) is 71.6 Å². The Labute approximate surface area is 185 Å². The molecule has 1 saturated heterocycles. The number of fused-ring (bicyclic) bond motifs is 1. The second-order valence-corrected chi connectivity index (χ2v) is 9.89. The van der Waals surface area contributed by atoms with Gasteiger partial charge in [-0.1, -0.05) is 44.2 Å². The van der Waals surface area contributed by atoms with E-state index in [-0.39, 0.29) is 29.6 Å². The van der Waals surface area contributed by atoms with E-state index >= 15 is 0 Å². The van der Waals surface area contributed by atoms with Crippen molar-refractivity contribution < 1.29 is 9.53 Å². The molecule has 1 aromatic heterocycles. The van der Waals surface area contributed by atoms with Gasteiger partial charge in [-0.05, 0) is 44.1 Å². The maximum absolute atomic E-state index is 12.7. The van der Waals surface area contributed by atoms with Crippen molar-refractivity contribution in [2.75, 3.05) is 18.0 Å². The second kappa shape index (κ2) is 8.95. The van der Waals surface area contributed by atoms with Crippen LogP contribution in [0.25, 0.3) is 0 Å². The molecule has 4 rings (SSSR count). The van der Waals surface area contributed by atoms with Crippen LogP contribution in [0.5, 0.6) is 0 Å². The molecular formula is C25H34N4O2. The summed E-state index contributed by atoms with van der Waals surface area (Å²) in [6.07, 6.45) is 5.28. The molecule has 0 radical (unpaired) electrons. The van der Waals surface area contributed by atoms with Gasteiger partial charge in [0.25, 0.3) is 0 Å². The number of aryl methyl sites for hydroxylation is 1. The molecule has 2 aliphatic rings. The average Bonchev–Trinajstić information content (AvgIpc) is 2.71. The molecule has 6 heteroatoms. The van der Waals surface area contributed by atoms with Crippen LogP contribution in [-0.2, 0) is 22.4 Å². The summed E-state index contributed by atoms with van der Waals surface area (Å²) in [4.78, 5) is 24.6. The number of rotatable bonds is 5. The number of nitrogens with one attached hydrogen (secondary N) is 1. The van der Waals surface area contributed by atoms with Gasteiger partial charge in [0, 0.05) is 31.3 Å². The van der Waals surface area contributed by atoms with Crippen LogP contribution in [0.3, 0.4) is 0 Å². The minimum absolute atomic E-state index is 0.0430. The van der Waals surface area contributed by atoms with Crippen LogP contribution in [-0.4, -0.2) is 41.2 Å². The summed E-state index contributed by atoms with van der Waals surface area (Å²) in [7, 11) is 0. The molecule has 2 aromatic rings. The highest BCUT2D eigenvalue weighted by molar-refractivity contribution is 5.76. The lowest BCUT2D eigenvalue weighted by molar-refractivity contribution is -0.122. The topological polar surface area (TPSA) is 67.4 Å². The first kappa shape index (κ1) is 21.8. The lowest BCUT2D eigenvalue weighted by Crippen LogP contribution is -2.46. The molecule has 166 valence electrons. The fourth-order valence-electron chi connectivity index (χ4n) is 4.83. The van der Waals surface area contributed by atoms with E-state index in [4.69, 9.17) is 14.7 Å². The molecule has 0 spiro atoms. The Kier molecular flexibility index (Phi) is 6.28. The maximum Gasteiger partial charge on any atom is 0.225 e. The van der Waals surface area contributed by atoms with Crippen molar-refractivity contribution >= 4 is 11.9 Å². The predicted molar refractivity (Wildman–Crippen MR) is 122 cm³/mol. The van der Waals surface area contributed by atoms with Crippen LogP contribution in [0.15, 0.2) is 36.5 Å². The number of amides is 1. The average molecular weight is 423 g/mol. The zero-order valence-electron chi connectivity index (χ0n) is 19.1. The SMILES string of the molecule is C[C@@H]1CN(c2ncc3c(n2)CC(C)(C)C[C@H]3NC(=O)CCc2ccccc2)C[C@@H](C)O1. The van der Waals surface area contributed by atoms with E-state index in [1.807, 2.05) is 24.4 Å². The summed E-state index contributed by atoms with van der Waals surface area (Å²) in [5.74, 6) is 0.852. The predicted octanol–water partition coefficient (Wildman–Crippen LogP) is 3.85. The van der Waals surface area contributed by atoms with Gasteiger partial charge in [0.05, 0.1) is 23.9 Å². The molecule has 6 nitrogen and oxygen atoms in total. The number of anilines is 1. The zero-order valence-corrected chi connectivity index (χ0v) is 19.1. The first-order valence-corrected chi connectivity index (χ1v) is 11.4. The van der Waals surface area contributed by atoms with Crippen LogP contribution in [0.1, 0.15) is 63.4 Å². The van der Waals surface area contributed by atoms with Gasteiger partial charge in [0.2, 0.25) is 11.9 Å². The van der Waals surface area contributed by atoms with Crippen molar-refractivity contribution in [1.82, 2.24) is 15.3 Å². The highest BCUT2D eigenvalue weighted by Crippen LogP contribution is 2.40. The smallest absolute Gasteiger partial charge is 0.225 e. The number of aromatic nitrogens is 2. The van der Waals surface area contributed by atoms with Crippen LogP contribution in [0.4, 0.5) is 5.95 Å². The van der Waals surface area contributed by atoms with Crippen molar-refractivity contribution in [3.63, 3.8) is 0 Å². The first-order valence-electron chi connectivity index (χ1n) is 11.4. The van der Waals surface area contributed by atoms with Crippen molar-refractivity contribution in [3.8, 4) is 0 Å². The largest absolute Gasteiger partial charge is 0.372 e. The summed E-state index contributed by atoms with van der Waals surface area (Å²) in [5.41, 5.74) is 3.37. The minimum Gasteiger partial charge on any atom is -0.372 e. The zero-order chi connectivity index (χ0) is 22.0. The van der Waals surface area contributed by atoms with E-state index in [2.05, 4.69) is 50.0 Å². The summed E-state index contributed by atoms with van der Waals surface area (Å²) < 4.78 is 5.85. The van der Waals surface area contributed by atoms with Gasteiger partial charge in [-0.25, -0.2) is 9.97 Å². The Morgan fingerprint density at radius 2 is 1.90 bits per heavy atom. The molecule has 1 aromatic carbocycles. The molecule has 1 aliphatic carbocycles. The molecule has 0 bridgehead atoms. The third-order valence-corrected chi connectivity index (χ3v) is 6.19. The van der Waals surface area contributed by atoms with E-state index in [1.165, 1.54) is 5.56 Å². The number of hydrogen-bond acceptors (Lipinski definition) is 5. The van der Waals surface area contributed by atoms with Crippen LogP contribution in [0.2, 0.25) is 0 Å². The molecule has 2 heterocycles. The summed E-state index contributed by atoms with van der Waals surface area (Å²) >= 11 is 0. The van der Waals surface area contributed by atoms with E-state index in [0.29, 0.717) is 6.42 Å². The molecule has 0 saturated carbocycles. The van der Waals surface area contributed by atoms with Gasteiger partial charge in [-0.3, -0.25) is 4.79 Å². The third kappa shape index (κ3) is 5.42. The Morgan fingerprint density at radius 1 is 1.19 bits per heavy atom. The summed E-state index contributed by atoms with van der Waals surface area (Å²) in [6, 6.07) is 10.1. The number of ether oxygens (including phenoxy) is 1. The Balaban J connectivity index is 1.48. The monoisotopic (exact) mass is 422 g/mol. The molecule has 1 N–H and O–H groups in total. The lowest BCUT2D eigenvalue weighted by Gasteiger charge is -2.38. The van der Waals surface area contributed by atoms with E-state index in [1.54, 1.807) is 0 Å². The number of benzene rings is 1. The number of carbonyl (C=O) groups is 1. The highest BCUT2D eigenvalue weighted by Gasteiger charge is 2.35. The quantitative estimate of drug-likeness (QED) is 0.793. The fraction of sp³-hybridized carbons (Fsp3) is 0.560. The molecule has 31 heavy (non-hydrogen) atoms. The van der Waals surface area contributed by atoms with Gasteiger partial charge in [0.15, 0.2) is 0 Å². The number of nitrogens with zero attached hydrogens (tertiary/aromatic N) is 3. The second-order valence-electron chi connectivity index (χ2n) is 9.89. The number of morpholine rings is 1. The van der Waals surface area contributed by atoms with E-state index < -0.39 is 0 Å². The van der Waals surface area contributed by atoms with Gasteiger partial charge in [-0.15, -0.1) is 0 Å². The number of hydrogen-bond donors (Lipinski definition) is 1. The van der Waals surface area contributed by atoms with Gasteiger partial charge >= 0.3 is 0 Å². The van der Waals surface area contributed by atoms with Crippen molar-refractivity contribution in [2.24, 2.45) is 5.41 Å². The molecule has 1 aliphatic heterocycles. The van der Waals surface area contributed by atoms with Crippen LogP contribution < -0.4 is 10.2 Å². The number of carbonyl (C=O) groups excluding carboxylic acids is 1. The fourth-order valence-corrected chi connectivity index (χ4v) is 4.83. The lowest BCUT2D eigenvalue weighted by atomic mass is 9.74. The Bertz CT molecular complexity index is 905. The molecular weight excluding hydrogens is 388 g/mol.